The van der Waals surface area contributed by atoms with E-state index in [4.69, 9.17) is 14.9 Å². The molecule has 0 spiro atoms. The van der Waals surface area contributed by atoms with Gasteiger partial charge in [-0.2, -0.15) is 4.98 Å². The van der Waals surface area contributed by atoms with E-state index in [1.54, 1.807) is 13.0 Å². The Balaban J connectivity index is 2.37. The molecule has 2 rings (SSSR count). The van der Waals surface area contributed by atoms with Crippen LogP contribution in [0.1, 0.15) is 17.4 Å². The van der Waals surface area contributed by atoms with Crippen LogP contribution < -0.4 is 5.73 Å². The van der Waals surface area contributed by atoms with Crippen LogP contribution in [0.25, 0.3) is 11.5 Å². The van der Waals surface area contributed by atoms with E-state index in [1.165, 1.54) is 18.2 Å². The fourth-order valence-electron chi connectivity index (χ4n) is 1.42. The average molecular weight is 250 g/mol. The van der Waals surface area contributed by atoms with Gasteiger partial charge in [0.25, 0.3) is 0 Å². The molecule has 0 amide bonds. The van der Waals surface area contributed by atoms with Crippen LogP contribution in [0.3, 0.4) is 0 Å². The number of nitrogens with zero attached hydrogens (tertiary/aromatic N) is 1. The van der Waals surface area contributed by atoms with E-state index < -0.39 is 11.8 Å². The predicted molar refractivity (Wildman–Crippen MR) is 62.3 cm³/mol. The molecule has 94 valence electrons. The maximum atomic E-state index is 13.0. The van der Waals surface area contributed by atoms with Crippen molar-refractivity contribution in [1.29, 1.82) is 0 Å². The number of oxazole rings is 1. The molecule has 0 aliphatic carbocycles. The van der Waals surface area contributed by atoms with E-state index in [2.05, 4.69) is 4.98 Å². The third-order valence-corrected chi connectivity index (χ3v) is 2.19. The normalized spacial score (nSPS) is 10.3. The Hall–Kier alpha value is -2.37. The number of halogens is 1. The first kappa shape index (κ1) is 12.1. The molecule has 1 aromatic heterocycles. The molecule has 0 aliphatic rings. The fourth-order valence-corrected chi connectivity index (χ4v) is 1.42. The molecule has 0 aliphatic heterocycles. The minimum Gasteiger partial charge on any atom is -0.461 e. The molecule has 0 saturated carbocycles. The average Bonchev–Trinajstić information content (AvgIpc) is 2.72. The zero-order valence-corrected chi connectivity index (χ0v) is 9.64. The first-order valence-corrected chi connectivity index (χ1v) is 5.31. The maximum absolute atomic E-state index is 13.0. The SMILES string of the molecule is CCOC(=O)c1nc(-c2cccc(F)c2)oc1N. The highest BCUT2D eigenvalue weighted by Crippen LogP contribution is 2.24. The number of rotatable bonds is 3. The van der Waals surface area contributed by atoms with Crippen LogP contribution in [0, 0.1) is 5.82 Å². The number of benzene rings is 1. The molecule has 0 unspecified atom stereocenters. The van der Waals surface area contributed by atoms with Gasteiger partial charge in [0.2, 0.25) is 17.5 Å². The predicted octanol–water partition coefficient (Wildman–Crippen LogP) is 2.24. The summed E-state index contributed by atoms with van der Waals surface area (Å²) in [5.74, 6) is -1.16. The van der Waals surface area contributed by atoms with Gasteiger partial charge in [-0.1, -0.05) is 6.07 Å². The van der Waals surface area contributed by atoms with E-state index in [0.717, 1.165) is 0 Å². The van der Waals surface area contributed by atoms with Gasteiger partial charge in [-0.05, 0) is 25.1 Å². The Labute approximate surface area is 102 Å². The standard InChI is InChI=1S/C12H11FN2O3/c1-2-17-12(16)9-10(14)18-11(15-9)7-4-3-5-8(13)6-7/h3-6H,2,14H2,1H3. The zero-order valence-electron chi connectivity index (χ0n) is 9.64. The Bertz CT molecular complexity index is 580. The summed E-state index contributed by atoms with van der Waals surface area (Å²) in [6.07, 6.45) is 0. The fraction of sp³-hybridized carbons (Fsp3) is 0.167. The Morgan fingerprint density at radius 2 is 2.33 bits per heavy atom. The second kappa shape index (κ2) is 4.87. The molecule has 0 saturated heterocycles. The van der Waals surface area contributed by atoms with E-state index in [1.807, 2.05) is 0 Å². The molecule has 2 N–H and O–H groups in total. The van der Waals surface area contributed by atoms with Gasteiger partial charge in [-0.3, -0.25) is 0 Å². The molecule has 0 bridgehead atoms. The largest absolute Gasteiger partial charge is 0.461 e. The topological polar surface area (TPSA) is 78.3 Å². The van der Waals surface area contributed by atoms with Gasteiger partial charge in [0, 0.05) is 5.56 Å². The van der Waals surface area contributed by atoms with E-state index in [-0.39, 0.29) is 24.1 Å². The van der Waals surface area contributed by atoms with Crippen molar-refractivity contribution in [2.45, 2.75) is 6.92 Å². The molecule has 1 aromatic carbocycles. The molecular formula is C12H11FN2O3. The van der Waals surface area contributed by atoms with Crippen molar-refractivity contribution in [1.82, 2.24) is 4.98 Å². The van der Waals surface area contributed by atoms with E-state index in [9.17, 15) is 9.18 Å². The number of hydrogen-bond acceptors (Lipinski definition) is 5. The highest BCUT2D eigenvalue weighted by atomic mass is 19.1. The van der Waals surface area contributed by atoms with Crippen LogP contribution >= 0.6 is 0 Å². The summed E-state index contributed by atoms with van der Waals surface area (Å²) in [5, 5.41) is 0. The van der Waals surface area contributed by atoms with Crippen molar-refractivity contribution in [3.8, 4) is 11.5 Å². The van der Waals surface area contributed by atoms with E-state index in [0.29, 0.717) is 5.56 Å². The van der Waals surface area contributed by atoms with Crippen molar-refractivity contribution in [3.05, 3.63) is 35.8 Å². The maximum Gasteiger partial charge on any atom is 0.362 e. The van der Waals surface area contributed by atoms with Crippen molar-refractivity contribution in [3.63, 3.8) is 0 Å². The Kier molecular flexibility index (Phi) is 3.27. The van der Waals surface area contributed by atoms with Crippen LogP contribution in [0.5, 0.6) is 0 Å². The summed E-state index contributed by atoms with van der Waals surface area (Å²) in [6.45, 7) is 1.88. The summed E-state index contributed by atoms with van der Waals surface area (Å²) in [6, 6.07) is 5.64. The van der Waals surface area contributed by atoms with Crippen molar-refractivity contribution in [2.24, 2.45) is 0 Å². The minimum atomic E-state index is -0.665. The van der Waals surface area contributed by atoms with Gasteiger partial charge in [-0.15, -0.1) is 0 Å². The lowest BCUT2D eigenvalue weighted by molar-refractivity contribution is 0.0521. The van der Waals surface area contributed by atoms with E-state index >= 15 is 0 Å². The number of carbonyl (C=O) groups excluding carboxylic acids is 1. The lowest BCUT2D eigenvalue weighted by Crippen LogP contribution is -2.07. The lowest BCUT2D eigenvalue weighted by Gasteiger charge is -1.96. The number of aromatic nitrogens is 1. The second-order valence-corrected chi connectivity index (χ2v) is 3.46. The van der Waals surface area contributed by atoms with Gasteiger partial charge in [0.1, 0.15) is 5.82 Å². The summed E-state index contributed by atoms with van der Waals surface area (Å²) >= 11 is 0. The number of carbonyl (C=O) groups is 1. The quantitative estimate of drug-likeness (QED) is 0.845. The third kappa shape index (κ3) is 2.32. The van der Waals surface area contributed by atoms with Crippen molar-refractivity contribution >= 4 is 11.9 Å². The third-order valence-electron chi connectivity index (χ3n) is 2.19. The van der Waals surface area contributed by atoms with Crippen LogP contribution in [-0.2, 0) is 4.74 Å². The number of ether oxygens (including phenoxy) is 1. The van der Waals surface area contributed by atoms with Gasteiger partial charge >= 0.3 is 5.97 Å². The smallest absolute Gasteiger partial charge is 0.362 e. The van der Waals surface area contributed by atoms with Crippen LogP contribution in [0.4, 0.5) is 10.3 Å². The Morgan fingerprint density at radius 1 is 1.56 bits per heavy atom. The molecule has 2 aromatic rings. The first-order valence-electron chi connectivity index (χ1n) is 5.31. The van der Waals surface area contributed by atoms with Gasteiger partial charge in [0.05, 0.1) is 6.61 Å². The summed E-state index contributed by atoms with van der Waals surface area (Å²) in [5.41, 5.74) is 5.82. The van der Waals surface area contributed by atoms with Crippen LogP contribution in [-0.4, -0.2) is 17.6 Å². The number of hydrogen-bond donors (Lipinski definition) is 1. The molecule has 18 heavy (non-hydrogen) atoms. The second-order valence-electron chi connectivity index (χ2n) is 3.46. The number of nitrogen functional groups attached to an aromatic ring is 1. The molecule has 0 fully saturated rings. The molecular weight excluding hydrogens is 239 g/mol. The van der Waals surface area contributed by atoms with Crippen LogP contribution in [0.2, 0.25) is 0 Å². The summed E-state index contributed by atoms with van der Waals surface area (Å²) in [4.78, 5) is 15.4. The molecule has 0 atom stereocenters. The van der Waals surface area contributed by atoms with Crippen molar-refractivity contribution < 1.29 is 18.3 Å². The minimum absolute atomic E-state index is 0.0788. The van der Waals surface area contributed by atoms with Gasteiger partial charge in [-0.25, -0.2) is 9.18 Å². The number of esters is 1. The monoisotopic (exact) mass is 250 g/mol. The van der Waals surface area contributed by atoms with Crippen LogP contribution in [0.15, 0.2) is 28.7 Å². The lowest BCUT2D eigenvalue weighted by atomic mass is 10.2. The summed E-state index contributed by atoms with van der Waals surface area (Å²) in [7, 11) is 0. The highest BCUT2D eigenvalue weighted by Gasteiger charge is 2.20. The van der Waals surface area contributed by atoms with Gasteiger partial charge in [0.15, 0.2) is 0 Å². The number of anilines is 1. The highest BCUT2D eigenvalue weighted by molar-refractivity contribution is 5.92. The molecule has 5 nitrogen and oxygen atoms in total. The number of nitrogens with two attached hydrogens (primary N) is 1. The van der Waals surface area contributed by atoms with Gasteiger partial charge < -0.3 is 14.9 Å². The first-order chi connectivity index (χ1) is 8.61. The molecule has 0 radical (unpaired) electrons. The zero-order chi connectivity index (χ0) is 13.1. The Morgan fingerprint density at radius 3 is 3.00 bits per heavy atom. The summed E-state index contributed by atoms with van der Waals surface area (Å²) < 4.78 is 22.9. The van der Waals surface area contributed by atoms with Crippen molar-refractivity contribution in [2.75, 3.05) is 12.3 Å². The molecule has 1 heterocycles. The molecule has 6 heteroatoms.